The molecule has 0 atom stereocenters. The molecule has 2 heterocycles. The highest BCUT2D eigenvalue weighted by molar-refractivity contribution is 5.92. The number of aromatic nitrogens is 3. The molecule has 15 heavy (non-hydrogen) atoms. The van der Waals surface area contributed by atoms with Gasteiger partial charge in [0.2, 0.25) is 0 Å². The van der Waals surface area contributed by atoms with Crippen LogP contribution in [0.3, 0.4) is 0 Å². The average Bonchev–Trinajstić information content (AvgIpc) is 2.84. The zero-order chi connectivity index (χ0) is 10.7. The second-order valence-electron chi connectivity index (χ2n) is 2.99. The third-order valence-electron chi connectivity index (χ3n) is 1.89. The molecule has 5 nitrogen and oxygen atoms in total. The van der Waals surface area contributed by atoms with Crippen LogP contribution in [0.5, 0.6) is 0 Å². The number of amides is 1. The third kappa shape index (κ3) is 2.22. The number of nitrogens with zero attached hydrogens (tertiary/aromatic N) is 1. The van der Waals surface area contributed by atoms with Gasteiger partial charge in [0, 0.05) is 18.5 Å². The van der Waals surface area contributed by atoms with Crippen molar-refractivity contribution in [2.75, 3.05) is 0 Å². The molecule has 6 heteroatoms. The van der Waals surface area contributed by atoms with Gasteiger partial charge in [-0.2, -0.15) is 0 Å². The summed E-state index contributed by atoms with van der Waals surface area (Å²) in [5.74, 6) is -0.810. The van der Waals surface area contributed by atoms with Crippen LogP contribution in [-0.2, 0) is 6.54 Å². The Balaban J connectivity index is 1.93. The zero-order valence-electron chi connectivity index (χ0n) is 7.75. The fourth-order valence-corrected chi connectivity index (χ4v) is 1.15. The summed E-state index contributed by atoms with van der Waals surface area (Å²) in [7, 11) is 0. The molecule has 2 aromatic heterocycles. The van der Waals surface area contributed by atoms with Crippen LogP contribution in [0, 0.1) is 5.82 Å². The number of carbonyl (C=O) groups excluding carboxylic acids is 1. The molecular weight excluding hydrogens is 199 g/mol. The van der Waals surface area contributed by atoms with Crippen molar-refractivity contribution >= 4 is 5.91 Å². The number of rotatable bonds is 3. The fourth-order valence-electron chi connectivity index (χ4n) is 1.15. The van der Waals surface area contributed by atoms with Crippen molar-refractivity contribution < 1.29 is 9.18 Å². The molecule has 0 aliphatic rings. The Bertz CT molecular complexity index is 448. The highest BCUT2D eigenvalue weighted by atomic mass is 19.1. The van der Waals surface area contributed by atoms with E-state index in [-0.39, 0.29) is 11.6 Å². The molecule has 0 bridgehead atoms. The molecule has 0 unspecified atom stereocenters. The SMILES string of the molecule is O=C(NCc1cnc[nH]1)c1cc(F)c[nH]1. The summed E-state index contributed by atoms with van der Waals surface area (Å²) in [6, 6.07) is 1.14. The van der Waals surface area contributed by atoms with Gasteiger partial charge in [-0.1, -0.05) is 0 Å². The average molecular weight is 208 g/mol. The second-order valence-corrected chi connectivity index (χ2v) is 2.99. The normalized spacial score (nSPS) is 10.2. The molecule has 3 N–H and O–H groups in total. The van der Waals surface area contributed by atoms with Crippen molar-refractivity contribution in [1.29, 1.82) is 0 Å². The number of imidazole rings is 1. The molecule has 0 spiro atoms. The molecule has 0 radical (unpaired) electrons. The smallest absolute Gasteiger partial charge is 0.268 e. The number of hydrogen-bond donors (Lipinski definition) is 3. The van der Waals surface area contributed by atoms with Crippen molar-refractivity contribution in [2.45, 2.75) is 6.54 Å². The van der Waals surface area contributed by atoms with Crippen LogP contribution in [0.2, 0.25) is 0 Å². The lowest BCUT2D eigenvalue weighted by Gasteiger charge is -2.00. The molecule has 78 valence electrons. The third-order valence-corrected chi connectivity index (χ3v) is 1.89. The number of halogens is 1. The first-order valence-electron chi connectivity index (χ1n) is 4.35. The summed E-state index contributed by atoms with van der Waals surface area (Å²) in [6.45, 7) is 0.333. The highest BCUT2D eigenvalue weighted by Gasteiger charge is 2.07. The summed E-state index contributed by atoms with van der Waals surface area (Å²) in [5.41, 5.74) is 0.988. The molecule has 0 aromatic carbocycles. The van der Waals surface area contributed by atoms with Crippen LogP contribution in [0.4, 0.5) is 4.39 Å². The van der Waals surface area contributed by atoms with E-state index in [1.165, 1.54) is 6.33 Å². The molecule has 2 aromatic rings. The van der Waals surface area contributed by atoms with Crippen LogP contribution in [0.1, 0.15) is 16.2 Å². The molecule has 0 aliphatic carbocycles. The Morgan fingerprint density at radius 3 is 3.00 bits per heavy atom. The van der Waals surface area contributed by atoms with Crippen LogP contribution in [-0.4, -0.2) is 20.9 Å². The summed E-state index contributed by atoms with van der Waals surface area (Å²) >= 11 is 0. The molecule has 0 saturated carbocycles. The van der Waals surface area contributed by atoms with E-state index in [1.54, 1.807) is 6.20 Å². The van der Waals surface area contributed by atoms with Gasteiger partial charge < -0.3 is 15.3 Å². The minimum atomic E-state index is -0.457. The second kappa shape index (κ2) is 3.95. The summed E-state index contributed by atoms with van der Waals surface area (Å²) in [6.07, 6.45) is 4.26. The van der Waals surface area contributed by atoms with Crippen LogP contribution < -0.4 is 5.32 Å². The molecule has 0 fully saturated rings. The predicted octanol–water partition coefficient (Wildman–Crippen LogP) is 0.807. The first-order valence-corrected chi connectivity index (χ1v) is 4.35. The zero-order valence-corrected chi connectivity index (χ0v) is 7.75. The monoisotopic (exact) mass is 208 g/mol. The minimum absolute atomic E-state index is 0.201. The van der Waals surface area contributed by atoms with Crippen molar-refractivity contribution in [2.24, 2.45) is 0 Å². The quantitative estimate of drug-likeness (QED) is 0.698. The topological polar surface area (TPSA) is 73.6 Å². The van der Waals surface area contributed by atoms with Gasteiger partial charge in [-0.3, -0.25) is 4.79 Å². The molecule has 1 amide bonds. The van der Waals surface area contributed by atoms with Gasteiger partial charge in [0.15, 0.2) is 0 Å². The van der Waals surface area contributed by atoms with E-state index in [0.717, 1.165) is 18.0 Å². The Hall–Kier alpha value is -2.11. The van der Waals surface area contributed by atoms with Crippen LogP contribution in [0.15, 0.2) is 24.8 Å². The van der Waals surface area contributed by atoms with Crippen molar-refractivity contribution in [1.82, 2.24) is 20.3 Å². The first kappa shape index (κ1) is 9.45. The largest absolute Gasteiger partial charge is 0.355 e. The number of aromatic amines is 2. The summed E-state index contributed by atoms with van der Waals surface area (Å²) in [4.78, 5) is 20.6. The predicted molar refractivity (Wildman–Crippen MR) is 50.5 cm³/mol. The molecule has 2 rings (SSSR count). The van der Waals surface area contributed by atoms with E-state index in [9.17, 15) is 9.18 Å². The van der Waals surface area contributed by atoms with Crippen LogP contribution >= 0.6 is 0 Å². The number of nitrogens with one attached hydrogen (secondary N) is 3. The van der Waals surface area contributed by atoms with E-state index in [1.807, 2.05) is 0 Å². The lowest BCUT2D eigenvalue weighted by atomic mass is 10.4. The number of H-pyrrole nitrogens is 2. The maximum atomic E-state index is 12.6. The van der Waals surface area contributed by atoms with Gasteiger partial charge in [0.05, 0.1) is 18.6 Å². The van der Waals surface area contributed by atoms with Gasteiger partial charge in [0.25, 0.3) is 5.91 Å². The lowest BCUT2D eigenvalue weighted by Crippen LogP contribution is -2.23. The Morgan fingerprint density at radius 1 is 1.53 bits per heavy atom. The van der Waals surface area contributed by atoms with Crippen LogP contribution in [0.25, 0.3) is 0 Å². The Labute approximate surface area is 84.7 Å². The summed E-state index contributed by atoms with van der Waals surface area (Å²) in [5, 5.41) is 2.61. The van der Waals surface area contributed by atoms with E-state index in [4.69, 9.17) is 0 Å². The Morgan fingerprint density at radius 2 is 2.40 bits per heavy atom. The maximum absolute atomic E-state index is 12.6. The number of hydrogen-bond acceptors (Lipinski definition) is 2. The highest BCUT2D eigenvalue weighted by Crippen LogP contribution is 2.01. The van der Waals surface area contributed by atoms with Crippen molar-refractivity contribution in [3.05, 3.63) is 42.0 Å². The maximum Gasteiger partial charge on any atom is 0.268 e. The molecule has 0 saturated heterocycles. The molecular formula is C9H9FN4O. The van der Waals surface area contributed by atoms with Gasteiger partial charge in [-0.25, -0.2) is 9.37 Å². The summed E-state index contributed by atoms with van der Waals surface area (Å²) < 4.78 is 12.6. The van der Waals surface area contributed by atoms with E-state index < -0.39 is 5.82 Å². The van der Waals surface area contributed by atoms with E-state index >= 15 is 0 Å². The number of carbonyl (C=O) groups is 1. The minimum Gasteiger partial charge on any atom is -0.355 e. The lowest BCUT2D eigenvalue weighted by molar-refractivity contribution is 0.0946. The standard InChI is InChI=1S/C9H9FN4O/c10-6-1-8(12-2-6)9(15)13-4-7-3-11-5-14-7/h1-3,5,12H,4H2,(H,11,14)(H,13,15). The van der Waals surface area contributed by atoms with E-state index in [0.29, 0.717) is 6.54 Å². The van der Waals surface area contributed by atoms with Gasteiger partial charge >= 0.3 is 0 Å². The van der Waals surface area contributed by atoms with Crippen molar-refractivity contribution in [3.8, 4) is 0 Å². The molecule has 0 aliphatic heterocycles. The Kier molecular flexibility index (Phi) is 2.49. The van der Waals surface area contributed by atoms with Gasteiger partial charge in [0.1, 0.15) is 11.5 Å². The fraction of sp³-hybridized carbons (Fsp3) is 0.111. The first-order chi connectivity index (χ1) is 7.25. The van der Waals surface area contributed by atoms with Crippen molar-refractivity contribution in [3.63, 3.8) is 0 Å². The van der Waals surface area contributed by atoms with Gasteiger partial charge in [-0.05, 0) is 0 Å². The van der Waals surface area contributed by atoms with E-state index in [2.05, 4.69) is 20.3 Å². The van der Waals surface area contributed by atoms with Gasteiger partial charge in [-0.15, -0.1) is 0 Å².